The first-order valence-electron chi connectivity index (χ1n) is 4.36. The molecule has 2 nitrogen and oxygen atoms in total. The number of carbonyl (C=O) groups excluding carboxylic acids is 1. The van der Waals surface area contributed by atoms with E-state index in [-0.39, 0.29) is 11.7 Å². The number of hydrogen-bond donors (Lipinski definition) is 1. The number of carbonyl (C=O) groups is 1. The Morgan fingerprint density at radius 1 is 1.40 bits per heavy atom. The molecule has 0 aromatic heterocycles. The fourth-order valence-electron chi connectivity index (χ4n) is 0.997. The van der Waals surface area contributed by atoms with Crippen molar-refractivity contribution in [1.29, 1.82) is 0 Å². The van der Waals surface area contributed by atoms with Crippen LogP contribution in [-0.2, 0) is 4.79 Å². The van der Waals surface area contributed by atoms with Crippen LogP contribution < -0.4 is 5.32 Å². The van der Waals surface area contributed by atoms with Gasteiger partial charge in [-0.15, -0.1) is 11.8 Å². The Kier molecular flexibility index (Phi) is 4.55. The van der Waals surface area contributed by atoms with Crippen LogP contribution in [0.5, 0.6) is 0 Å². The van der Waals surface area contributed by atoms with E-state index in [1.54, 1.807) is 24.3 Å². The Balaban J connectivity index is 2.52. The molecule has 1 rings (SSSR count). The third kappa shape index (κ3) is 4.78. The number of amides is 1. The molecule has 0 unspecified atom stereocenters. The summed E-state index contributed by atoms with van der Waals surface area (Å²) in [5.74, 6) is -0.359. The number of halogens is 2. The van der Waals surface area contributed by atoms with Gasteiger partial charge in [0.25, 0.3) is 0 Å². The van der Waals surface area contributed by atoms with Gasteiger partial charge in [0, 0.05) is 17.5 Å². The highest BCUT2D eigenvalue weighted by atomic mass is 32.2. The maximum Gasteiger partial charge on any atom is 0.247 e. The van der Waals surface area contributed by atoms with Gasteiger partial charge in [-0.05, 0) is 24.3 Å². The van der Waals surface area contributed by atoms with Crippen LogP contribution in [0.1, 0.15) is 6.92 Å². The van der Waals surface area contributed by atoms with Gasteiger partial charge in [-0.1, -0.05) is 0 Å². The molecule has 1 aromatic rings. The second-order valence-corrected chi connectivity index (χ2v) is 4.00. The molecule has 1 amide bonds. The van der Waals surface area contributed by atoms with E-state index in [0.29, 0.717) is 5.69 Å². The zero-order valence-corrected chi connectivity index (χ0v) is 8.98. The first-order valence-corrected chi connectivity index (χ1v) is 5.35. The molecule has 1 aromatic carbocycles. The van der Waals surface area contributed by atoms with Crippen molar-refractivity contribution in [2.75, 3.05) is 11.1 Å². The number of anilines is 1. The molecule has 0 atom stereocenters. The maximum atomic E-state index is 11.9. The molecule has 0 radical (unpaired) electrons. The van der Waals surface area contributed by atoms with E-state index in [0.717, 1.165) is 16.7 Å². The van der Waals surface area contributed by atoms with Crippen molar-refractivity contribution in [2.45, 2.75) is 18.2 Å². The summed E-state index contributed by atoms with van der Waals surface area (Å²) in [5, 5.41) is 2.60. The van der Waals surface area contributed by atoms with Crippen molar-refractivity contribution in [3.63, 3.8) is 0 Å². The number of benzene rings is 1. The summed E-state index contributed by atoms with van der Waals surface area (Å²) in [6.07, 6.45) is -2.30. The lowest BCUT2D eigenvalue weighted by Crippen LogP contribution is -2.05. The van der Waals surface area contributed by atoms with Crippen LogP contribution in [0.15, 0.2) is 29.2 Å². The minimum absolute atomic E-state index is 0.150. The van der Waals surface area contributed by atoms with Gasteiger partial charge in [-0.3, -0.25) is 4.79 Å². The van der Waals surface area contributed by atoms with Crippen LogP contribution in [0.25, 0.3) is 0 Å². The van der Waals surface area contributed by atoms with Gasteiger partial charge in [-0.2, -0.15) is 0 Å². The molecule has 0 aliphatic heterocycles. The molecular formula is C10H11F2NOS. The summed E-state index contributed by atoms with van der Waals surface area (Å²) in [6, 6.07) is 6.79. The zero-order valence-electron chi connectivity index (χ0n) is 8.17. The summed E-state index contributed by atoms with van der Waals surface area (Å²) in [5.41, 5.74) is 0.670. The Morgan fingerprint density at radius 2 is 2.00 bits per heavy atom. The number of thioether (sulfide) groups is 1. The quantitative estimate of drug-likeness (QED) is 0.807. The largest absolute Gasteiger partial charge is 0.326 e. The average molecular weight is 231 g/mol. The molecule has 0 bridgehead atoms. The monoisotopic (exact) mass is 231 g/mol. The molecule has 0 heterocycles. The van der Waals surface area contributed by atoms with Crippen LogP contribution in [0.4, 0.5) is 14.5 Å². The van der Waals surface area contributed by atoms with Gasteiger partial charge in [0.1, 0.15) is 0 Å². The van der Waals surface area contributed by atoms with Gasteiger partial charge in [0.2, 0.25) is 12.3 Å². The van der Waals surface area contributed by atoms with E-state index in [1.165, 1.54) is 6.92 Å². The molecule has 0 spiro atoms. The Morgan fingerprint density at radius 3 is 2.47 bits per heavy atom. The van der Waals surface area contributed by atoms with Crippen molar-refractivity contribution >= 4 is 23.4 Å². The highest BCUT2D eigenvalue weighted by Gasteiger charge is 2.03. The lowest BCUT2D eigenvalue weighted by atomic mass is 10.3. The lowest BCUT2D eigenvalue weighted by molar-refractivity contribution is -0.114. The number of alkyl halides is 2. The van der Waals surface area contributed by atoms with Crippen molar-refractivity contribution in [3.05, 3.63) is 24.3 Å². The topological polar surface area (TPSA) is 29.1 Å². The molecule has 1 N–H and O–H groups in total. The van der Waals surface area contributed by atoms with Crippen LogP contribution >= 0.6 is 11.8 Å². The highest BCUT2D eigenvalue weighted by molar-refractivity contribution is 7.99. The van der Waals surface area contributed by atoms with E-state index in [1.807, 2.05) is 0 Å². The maximum absolute atomic E-state index is 11.9. The third-order valence-electron chi connectivity index (χ3n) is 1.55. The van der Waals surface area contributed by atoms with Crippen LogP contribution in [0.2, 0.25) is 0 Å². The van der Waals surface area contributed by atoms with E-state index in [9.17, 15) is 13.6 Å². The lowest BCUT2D eigenvalue weighted by Gasteiger charge is -2.04. The fraction of sp³-hybridized carbons (Fsp3) is 0.300. The standard InChI is InChI=1S/C10H11F2NOS/c1-7(14)13-8-2-4-9(5-3-8)15-6-10(11)12/h2-5,10H,6H2,1H3,(H,13,14). The molecule has 0 saturated heterocycles. The molecule has 0 aliphatic carbocycles. The summed E-state index contributed by atoms with van der Waals surface area (Å²) < 4.78 is 23.8. The Labute approximate surface area is 91.1 Å². The first-order chi connectivity index (χ1) is 7.08. The second kappa shape index (κ2) is 5.70. The summed E-state index contributed by atoms with van der Waals surface area (Å²) >= 11 is 1.09. The SMILES string of the molecule is CC(=O)Nc1ccc(SCC(F)F)cc1. The molecule has 0 aliphatic rings. The van der Waals surface area contributed by atoms with Gasteiger partial charge < -0.3 is 5.32 Å². The zero-order chi connectivity index (χ0) is 11.3. The average Bonchev–Trinajstić information content (AvgIpc) is 2.16. The Bertz CT molecular complexity index is 327. The normalized spacial score (nSPS) is 10.4. The molecule has 0 saturated carbocycles. The van der Waals surface area contributed by atoms with E-state index in [4.69, 9.17) is 0 Å². The first kappa shape index (κ1) is 12.0. The van der Waals surface area contributed by atoms with Crippen LogP contribution in [0, 0.1) is 0 Å². The van der Waals surface area contributed by atoms with Gasteiger partial charge >= 0.3 is 0 Å². The van der Waals surface area contributed by atoms with Crippen molar-refractivity contribution in [3.8, 4) is 0 Å². The molecule has 15 heavy (non-hydrogen) atoms. The number of hydrogen-bond acceptors (Lipinski definition) is 2. The van der Waals surface area contributed by atoms with E-state index >= 15 is 0 Å². The van der Waals surface area contributed by atoms with E-state index < -0.39 is 6.43 Å². The summed E-state index contributed by atoms with van der Waals surface area (Å²) in [6.45, 7) is 1.42. The van der Waals surface area contributed by atoms with Gasteiger partial charge in [0.15, 0.2) is 0 Å². The van der Waals surface area contributed by atoms with Gasteiger partial charge in [-0.25, -0.2) is 8.78 Å². The molecular weight excluding hydrogens is 220 g/mol. The number of nitrogens with one attached hydrogen (secondary N) is 1. The van der Waals surface area contributed by atoms with Crippen molar-refractivity contribution in [1.82, 2.24) is 0 Å². The molecule has 82 valence electrons. The highest BCUT2D eigenvalue weighted by Crippen LogP contribution is 2.21. The van der Waals surface area contributed by atoms with Gasteiger partial charge in [0.05, 0.1) is 5.75 Å². The Hall–Kier alpha value is -1.10. The predicted molar refractivity (Wildman–Crippen MR) is 57.5 cm³/mol. The van der Waals surface area contributed by atoms with Crippen LogP contribution in [-0.4, -0.2) is 18.1 Å². The summed E-state index contributed by atoms with van der Waals surface area (Å²) in [4.78, 5) is 11.5. The second-order valence-electron chi connectivity index (χ2n) is 2.91. The molecule has 5 heteroatoms. The summed E-state index contributed by atoms with van der Waals surface area (Å²) in [7, 11) is 0. The van der Waals surface area contributed by atoms with Crippen molar-refractivity contribution in [2.24, 2.45) is 0 Å². The van der Waals surface area contributed by atoms with E-state index in [2.05, 4.69) is 5.32 Å². The smallest absolute Gasteiger partial charge is 0.247 e. The number of rotatable bonds is 4. The van der Waals surface area contributed by atoms with Crippen molar-refractivity contribution < 1.29 is 13.6 Å². The van der Waals surface area contributed by atoms with Crippen LogP contribution in [0.3, 0.4) is 0 Å². The fourth-order valence-corrected chi connectivity index (χ4v) is 1.64. The molecule has 0 fully saturated rings. The third-order valence-corrected chi connectivity index (χ3v) is 2.57. The minimum atomic E-state index is -2.30. The predicted octanol–water partition coefficient (Wildman–Crippen LogP) is 3.00. The minimum Gasteiger partial charge on any atom is -0.326 e.